The molecule has 0 atom stereocenters. The second kappa shape index (κ2) is 8.09. The van der Waals surface area contributed by atoms with E-state index in [0.29, 0.717) is 22.4 Å². The Hall–Kier alpha value is -0.670. The van der Waals surface area contributed by atoms with Crippen LogP contribution >= 0.6 is 27.5 Å². The molecule has 0 bridgehead atoms. The molecule has 0 heterocycles. The van der Waals surface area contributed by atoms with Gasteiger partial charge in [-0.15, -0.1) is 0 Å². The number of alkyl halides is 1. The first-order valence-electron chi connectivity index (χ1n) is 7.38. The van der Waals surface area contributed by atoms with Gasteiger partial charge in [0.1, 0.15) is 0 Å². The molecule has 0 N–H and O–H groups in total. The number of allylic oxidation sites excluding steroid dienone is 1. The minimum atomic E-state index is 0.602. The van der Waals surface area contributed by atoms with E-state index in [-0.39, 0.29) is 0 Å². The number of hydrogen-bond acceptors (Lipinski definition) is 2. The van der Waals surface area contributed by atoms with Crippen LogP contribution < -0.4 is 9.47 Å². The van der Waals surface area contributed by atoms with E-state index in [0.717, 1.165) is 10.9 Å². The van der Waals surface area contributed by atoms with Crippen molar-refractivity contribution in [1.82, 2.24) is 0 Å². The number of ether oxygens (including phenoxy) is 2. The third-order valence-corrected chi connectivity index (χ3v) is 5.18. The zero-order chi connectivity index (χ0) is 15.2. The molecular formula is C17H22BrClO2. The second-order valence-corrected chi connectivity index (χ2v) is 6.33. The molecule has 1 saturated carbocycles. The lowest BCUT2D eigenvalue weighted by molar-refractivity contribution is 0.355. The fraction of sp³-hybridized carbons (Fsp3) is 0.529. The maximum Gasteiger partial charge on any atom is 0.179 e. The number of rotatable bonds is 5. The Balaban J connectivity index is 2.33. The SMILES string of the molecule is COc1ccc(/C=C(/CBr)C2CCCCC2)c(Cl)c1OC. The summed E-state index contributed by atoms with van der Waals surface area (Å²) in [7, 11) is 3.24. The third-order valence-electron chi connectivity index (χ3n) is 4.14. The van der Waals surface area contributed by atoms with E-state index in [2.05, 4.69) is 22.0 Å². The first-order valence-corrected chi connectivity index (χ1v) is 8.88. The molecule has 0 spiro atoms. The van der Waals surface area contributed by atoms with Crippen molar-refractivity contribution in [1.29, 1.82) is 0 Å². The molecule has 1 aromatic carbocycles. The average Bonchev–Trinajstić information content (AvgIpc) is 2.54. The number of halogens is 2. The van der Waals surface area contributed by atoms with Crippen LogP contribution in [0.15, 0.2) is 17.7 Å². The Labute approximate surface area is 140 Å². The topological polar surface area (TPSA) is 18.5 Å². The minimum Gasteiger partial charge on any atom is -0.493 e. The quantitative estimate of drug-likeness (QED) is 0.615. The highest BCUT2D eigenvalue weighted by Gasteiger charge is 2.18. The summed E-state index contributed by atoms with van der Waals surface area (Å²) in [5, 5.41) is 1.51. The van der Waals surface area contributed by atoms with Gasteiger partial charge >= 0.3 is 0 Å². The van der Waals surface area contributed by atoms with Crippen LogP contribution in [0.1, 0.15) is 37.7 Å². The largest absolute Gasteiger partial charge is 0.493 e. The van der Waals surface area contributed by atoms with E-state index >= 15 is 0 Å². The summed E-state index contributed by atoms with van der Waals surface area (Å²) in [4.78, 5) is 0. The van der Waals surface area contributed by atoms with Crippen LogP contribution in [0.2, 0.25) is 5.02 Å². The van der Waals surface area contributed by atoms with Gasteiger partial charge in [-0.05, 0) is 36.5 Å². The highest BCUT2D eigenvalue weighted by molar-refractivity contribution is 9.09. The predicted octanol–water partition coefficient (Wildman–Crippen LogP) is 5.72. The fourth-order valence-corrected chi connectivity index (χ4v) is 3.86. The second-order valence-electron chi connectivity index (χ2n) is 5.39. The first-order chi connectivity index (χ1) is 10.2. The molecule has 0 unspecified atom stereocenters. The zero-order valence-corrected chi connectivity index (χ0v) is 15.0. The summed E-state index contributed by atoms with van der Waals surface area (Å²) in [5.74, 6) is 1.94. The van der Waals surface area contributed by atoms with Crippen LogP contribution in [-0.2, 0) is 0 Å². The van der Waals surface area contributed by atoms with E-state index < -0.39 is 0 Å². The lowest BCUT2D eigenvalue weighted by Crippen LogP contribution is -2.10. The smallest absolute Gasteiger partial charge is 0.179 e. The third kappa shape index (κ3) is 3.95. The molecule has 2 nitrogen and oxygen atoms in total. The predicted molar refractivity (Wildman–Crippen MR) is 92.9 cm³/mol. The van der Waals surface area contributed by atoms with Crippen molar-refractivity contribution >= 4 is 33.6 Å². The number of benzene rings is 1. The Kier molecular flexibility index (Phi) is 6.43. The molecule has 1 fully saturated rings. The fourth-order valence-electron chi connectivity index (χ4n) is 2.95. The van der Waals surface area contributed by atoms with Crippen LogP contribution in [-0.4, -0.2) is 19.5 Å². The van der Waals surface area contributed by atoms with Gasteiger partial charge in [0.2, 0.25) is 0 Å². The van der Waals surface area contributed by atoms with Crippen LogP contribution in [0.4, 0.5) is 0 Å². The molecule has 4 heteroatoms. The van der Waals surface area contributed by atoms with Crippen molar-refractivity contribution in [3.63, 3.8) is 0 Å². The molecule has 0 saturated heterocycles. The molecule has 116 valence electrons. The summed E-state index contributed by atoms with van der Waals surface area (Å²) in [6.45, 7) is 0. The highest BCUT2D eigenvalue weighted by Crippen LogP contribution is 2.39. The van der Waals surface area contributed by atoms with Crippen LogP contribution in [0.3, 0.4) is 0 Å². The van der Waals surface area contributed by atoms with Crippen molar-refractivity contribution in [2.24, 2.45) is 5.92 Å². The Morgan fingerprint density at radius 1 is 1.24 bits per heavy atom. The van der Waals surface area contributed by atoms with Gasteiger partial charge in [0.05, 0.1) is 19.2 Å². The number of hydrogen-bond donors (Lipinski definition) is 0. The lowest BCUT2D eigenvalue weighted by atomic mass is 9.84. The van der Waals surface area contributed by atoms with E-state index in [1.807, 2.05) is 12.1 Å². The summed E-state index contributed by atoms with van der Waals surface area (Å²) in [6, 6.07) is 3.90. The molecule has 1 aliphatic rings. The van der Waals surface area contributed by atoms with Gasteiger partial charge in [-0.2, -0.15) is 0 Å². The van der Waals surface area contributed by atoms with Crippen molar-refractivity contribution < 1.29 is 9.47 Å². The van der Waals surface area contributed by atoms with E-state index in [4.69, 9.17) is 21.1 Å². The Morgan fingerprint density at radius 2 is 1.95 bits per heavy atom. The van der Waals surface area contributed by atoms with Gasteiger partial charge in [0.15, 0.2) is 11.5 Å². The van der Waals surface area contributed by atoms with Gasteiger partial charge in [-0.3, -0.25) is 0 Å². The average molecular weight is 374 g/mol. The molecule has 0 amide bonds. The maximum atomic E-state index is 6.47. The Morgan fingerprint density at radius 3 is 2.52 bits per heavy atom. The van der Waals surface area contributed by atoms with Crippen molar-refractivity contribution in [2.45, 2.75) is 32.1 Å². The number of methoxy groups -OCH3 is 2. The van der Waals surface area contributed by atoms with Crippen molar-refractivity contribution in [3.05, 3.63) is 28.3 Å². The zero-order valence-electron chi connectivity index (χ0n) is 12.6. The molecule has 2 rings (SSSR count). The normalized spacial score (nSPS) is 16.9. The summed E-state index contributed by atoms with van der Waals surface area (Å²) in [6.07, 6.45) is 8.78. The monoisotopic (exact) mass is 372 g/mol. The van der Waals surface area contributed by atoms with E-state index in [9.17, 15) is 0 Å². The summed E-state index contributed by atoms with van der Waals surface area (Å²) in [5.41, 5.74) is 2.41. The molecule has 21 heavy (non-hydrogen) atoms. The maximum absolute atomic E-state index is 6.47. The van der Waals surface area contributed by atoms with Gasteiger partial charge in [-0.1, -0.05) is 58.4 Å². The van der Waals surface area contributed by atoms with Gasteiger partial charge in [0, 0.05) is 5.33 Å². The summed E-state index contributed by atoms with van der Waals surface area (Å²) < 4.78 is 10.7. The van der Waals surface area contributed by atoms with E-state index in [1.165, 1.54) is 37.7 Å². The Bertz CT molecular complexity index is 508. The van der Waals surface area contributed by atoms with Gasteiger partial charge in [-0.25, -0.2) is 0 Å². The standard InChI is InChI=1S/C17H22BrClO2/c1-20-15-9-8-13(16(19)17(15)21-2)10-14(11-18)12-6-4-3-5-7-12/h8-10,12H,3-7,11H2,1-2H3/b14-10-. The van der Waals surface area contributed by atoms with Crippen LogP contribution in [0.5, 0.6) is 11.5 Å². The van der Waals surface area contributed by atoms with E-state index in [1.54, 1.807) is 14.2 Å². The molecule has 0 aliphatic heterocycles. The van der Waals surface area contributed by atoms with Crippen molar-refractivity contribution in [2.75, 3.05) is 19.5 Å². The molecule has 0 aromatic heterocycles. The van der Waals surface area contributed by atoms with Crippen LogP contribution in [0.25, 0.3) is 6.08 Å². The highest BCUT2D eigenvalue weighted by atomic mass is 79.9. The molecule has 0 radical (unpaired) electrons. The van der Waals surface area contributed by atoms with Crippen molar-refractivity contribution in [3.8, 4) is 11.5 Å². The molecule has 1 aromatic rings. The lowest BCUT2D eigenvalue weighted by Gasteiger charge is -2.24. The van der Waals surface area contributed by atoms with Gasteiger partial charge < -0.3 is 9.47 Å². The molecular weight excluding hydrogens is 352 g/mol. The first kappa shape index (κ1) is 16.7. The minimum absolute atomic E-state index is 0.602. The van der Waals surface area contributed by atoms with Crippen LogP contribution in [0, 0.1) is 5.92 Å². The molecule has 1 aliphatic carbocycles. The summed E-state index contributed by atoms with van der Waals surface area (Å²) >= 11 is 10.1. The van der Waals surface area contributed by atoms with Gasteiger partial charge in [0.25, 0.3) is 0 Å².